The SMILES string of the molecule is O=c1[nH]c2ccc(C3CCC(NCCc4ccccc4)CC3)cc2o1. The molecule has 25 heavy (non-hydrogen) atoms. The van der Waals surface area contributed by atoms with Crippen LogP contribution in [-0.4, -0.2) is 17.6 Å². The molecule has 130 valence electrons. The van der Waals surface area contributed by atoms with Crippen molar-refractivity contribution in [2.24, 2.45) is 0 Å². The molecule has 2 aromatic carbocycles. The van der Waals surface area contributed by atoms with Crippen LogP contribution < -0.4 is 11.1 Å². The zero-order valence-electron chi connectivity index (χ0n) is 14.3. The van der Waals surface area contributed by atoms with E-state index in [1.807, 2.05) is 12.1 Å². The van der Waals surface area contributed by atoms with Crippen LogP contribution in [0.3, 0.4) is 0 Å². The van der Waals surface area contributed by atoms with Gasteiger partial charge in [-0.25, -0.2) is 4.79 Å². The quantitative estimate of drug-likeness (QED) is 0.741. The minimum absolute atomic E-state index is 0.376. The number of nitrogens with one attached hydrogen (secondary N) is 2. The summed E-state index contributed by atoms with van der Waals surface area (Å²) in [6.07, 6.45) is 5.86. The fourth-order valence-electron chi connectivity index (χ4n) is 3.91. The van der Waals surface area contributed by atoms with E-state index in [1.165, 1.54) is 36.8 Å². The van der Waals surface area contributed by atoms with Gasteiger partial charge in [0.1, 0.15) is 0 Å². The minimum atomic E-state index is -0.376. The number of hydrogen-bond donors (Lipinski definition) is 2. The van der Waals surface area contributed by atoms with Gasteiger partial charge in [0, 0.05) is 6.04 Å². The van der Waals surface area contributed by atoms with Crippen molar-refractivity contribution in [1.82, 2.24) is 10.3 Å². The molecular weight excluding hydrogens is 312 g/mol. The molecule has 0 spiro atoms. The van der Waals surface area contributed by atoms with Crippen LogP contribution >= 0.6 is 0 Å². The molecule has 0 bridgehead atoms. The maximum Gasteiger partial charge on any atom is 0.417 e. The molecule has 1 saturated carbocycles. The number of fused-ring (bicyclic) bond motifs is 1. The van der Waals surface area contributed by atoms with Crippen LogP contribution in [0.5, 0.6) is 0 Å². The zero-order valence-corrected chi connectivity index (χ0v) is 14.3. The lowest BCUT2D eigenvalue weighted by atomic mass is 9.81. The van der Waals surface area contributed by atoms with Crippen molar-refractivity contribution in [2.75, 3.05) is 6.54 Å². The molecule has 0 saturated heterocycles. The van der Waals surface area contributed by atoms with Gasteiger partial charge in [-0.1, -0.05) is 36.4 Å². The van der Waals surface area contributed by atoms with Gasteiger partial charge in [0.2, 0.25) is 0 Å². The first kappa shape index (κ1) is 16.2. The van der Waals surface area contributed by atoms with Gasteiger partial charge in [0.05, 0.1) is 5.52 Å². The highest BCUT2D eigenvalue weighted by Gasteiger charge is 2.22. The number of aromatic amines is 1. The van der Waals surface area contributed by atoms with Crippen molar-refractivity contribution in [1.29, 1.82) is 0 Å². The Morgan fingerprint density at radius 2 is 1.84 bits per heavy atom. The Kier molecular flexibility index (Phi) is 4.70. The standard InChI is InChI=1S/C21H24N2O2/c24-21-23-19-11-8-17(14-20(19)25-21)16-6-9-18(10-7-16)22-13-12-15-4-2-1-3-5-15/h1-5,8,11,14,16,18,22H,6-7,9-10,12-13H2,(H,23,24). The molecule has 1 aliphatic rings. The second-order valence-electron chi connectivity index (χ2n) is 7.01. The van der Waals surface area contributed by atoms with Crippen LogP contribution in [0.1, 0.15) is 42.7 Å². The minimum Gasteiger partial charge on any atom is -0.408 e. The normalized spacial score (nSPS) is 20.8. The van der Waals surface area contributed by atoms with Gasteiger partial charge in [-0.3, -0.25) is 4.98 Å². The highest BCUT2D eigenvalue weighted by atomic mass is 16.4. The maximum absolute atomic E-state index is 11.3. The average molecular weight is 336 g/mol. The summed E-state index contributed by atoms with van der Waals surface area (Å²) in [6.45, 7) is 1.04. The number of rotatable bonds is 5. The van der Waals surface area contributed by atoms with E-state index in [1.54, 1.807) is 0 Å². The lowest BCUT2D eigenvalue weighted by molar-refractivity contribution is 0.344. The monoisotopic (exact) mass is 336 g/mol. The molecule has 2 N–H and O–H groups in total. The topological polar surface area (TPSA) is 58.0 Å². The summed E-state index contributed by atoms with van der Waals surface area (Å²) in [5, 5.41) is 3.71. The maximum atomic E-state index is 11.3. The van der Waals surface area contributed by atoms with Gasteiger partial charge in [-0.2, -0.15) is 0 Å². The highest BCUT2D eigenvalue weighted by Crippen LogP contribution is 2.33. The predicted octanol–water partition coefficient (Wildman–Crippen LogP) is 3.98. The summed E-state index contributed by atoms with van der Waals surface area (Å²) < 4.78 is 5.19. The Morgan fingerprint density at radius 3 is 2.64 bits per heavy atom. The number of benzene rings is 2. The fourth-order valence-corrected chi connectivity index (χ4v) is 3.91. The summed E-state index contributed by atoms with van der Waals surface area (Å²) >= 11 is 0. The Balaban J connectivity index is 1.29. The van der Waals surface area contributed by atoms with E-state index in [4.69, 9.17) is 4.42 Å². The van der Waals surface area contributed by atoms with E-state index in [2.05, 4.69) is 46.7 Å². The van der Waals surface area contributed by atoms with E-state index in [0.717, 1.165) is 18.5 Å². The van der Waals surface area contributed by atoms with Crippen molar-refractivity contribution in [3.05, 3.63) is 70.2 Å². The molecule has 4 nitrogen and oxygen atoms in total. The molecule has 3 aromatic rings. The molecule has 0 atom stereocenters. The zero-order chi connectivity index (χ0) is 17.1. The number of oxazole rings is 1. The predicted molar refractivity (Wildman–Crippen MR) is 100.0 cm³/mol. The van der Waals surface area contributed by atoms with Crippen molar-refractivity contribution >= 4 is 11.1 Å². The average Bonchev–Trinajstić information content (AvgIpc) is 3.02. The van der Waals surface area contributed by atoms with Crippen molar-refractivity contribution in [2.45, 2.75) is 44.1 Å². The van der Waals surface area contributed by atoms with Gasteiger partial charge < -0.3 is 9.73 Å². The lowest BCUT2D eigenvalue weighted by Gasteiger charge is -2.29. The first-order valence-electron chi connectivity index (χ1n) is 9.18. The summed E-state index contributed by atoms with van der Waals surface area (Å²) in [4.78, 5) is 14.0. The van der Waals surface area contributed by atoms with Crippen LogP contribution in [0, 0.1) is 0 Å². The van der Waals surface area contributed by atoms with E-state index in [9.17, 15) is 4.79 Å². The van der Waals surface area contributed by atoms with Crippen molar-refractivity contribution < 1.29 is 4.42 Å². The summed E-state index contributed by atoms with van der Waals surface area (Å²) in [7, 11) is 0. The molecule has 1 aliphatic carbocycles. The summed E-state index contributed by atoms with van der Waals surface area (Å²) in [5.41, 5.74) is 4.14. The van der Waals surface area contributed by atoms with E-state index < -0.39 is 0 Å². The highest BCUT2D eigenvalue weighted by molar-refractivity contribution is 5.72. The van der Waals surface area contributed by atoms with E-state index >= 15 is 0 Å². The third-order valence-corrected chi connectivity index (χ3v) is 5.33. The Morgan fingerprint density at radius 1 is 1.04 bits per heavy atom. The Hall–Kier alpha value is -2.33. The third kappa shape index (κ3) is 3.85. The molecule has 1 aromatic heterocycles. The van der Waals surface area contributed by atoms with Gasteiger partial charge in [-0.05, 0) is 67.8 Å². The number of hydrogen-bond acceptors (Lipinski definition) is 3. The van der Waals surface area contributed by atoms with Crippen LogP contribution in [0.4, 0.5) is 0 Å². The molecule has 4 heteroatoms. The van der Waals surface area contributed by atoms with Gasteiger partial charge >= 0.3 is 5.76 Å². The fraction of sp³-hybridized carbons (Fsp3) is 0.381. The molecule has 0 radical (unpaired) electrons. The van der Waals surface area contributed by atoms with Crippen molar-refractivity contribution in [3.63, 3.8) is 0 Å². The molecule has 0 aliphatic heterocycles. The Bertz CT molecular complexity index is 874. The van der Waals surface area contributed by atoms with Crippen LogP contribution in [0.2, 0.25) is 0 Å². The Labute approximate surface area is 147 Å². The molecule has 4 rings (SSSR count). The summed E-state index contributed by atoms with van der Waals surface area (Å²) in [5.74, 6) is 0.190. The molecule has 1 heterocycles. The van der Waals surface area contributed by atoms with Gasteiger partial charge in [0.15, 0.2) is 5.58 Å². The van der Waals surface area contributed by atoms with Crippen LogP contribution in [0.15, 0.2) is 57.7 Å². The van der Waals surface area contributed by atoms with Gasteiger partial charge in [0.25, 0.3) is 0 Å². The van der Waals surface area contributed by atoms with Crippen LogP contribution in [-0.2, 0) is 6.42 Å². The first-order chi connectivity index (χ1) is 12.3. The van der Waals surface area contributed by atoms with E-state index in [0.29, 0.717) is 17.5 Å². The lowest BCUT2D eigenvalue weighted by Crippen LogP contribution is -2.34. The largest absolute Gasteiger partial charge is 0.417 e. The van der Waals surface area contributed by atoms with Crippen LogP contribution in [0.25, 0.3) is 11.1 Å². The van der Waals surface area contributed by atoms with E-state index in [-0.39, 0.29) is 5.76 Å². The molecular formula is C21H24N2O2. The first-order valence-corrected chi connectivity index (χ1v) is 9.18. The molecule has 0 amide bonds. The third-order valence-electron chi connectivity index (χ3n) is 5.33. The van der Waals surface area contributed by atoms with Gasteiger partial charge in [-0.15, -0.1) is 0 Å². The van der Waals surface area contributed by atoms with Crippen molar-refractivity contribution in [3.8, 4) is 0 Å². The number of H-pyrrole nitrogens is 1. The second-order valence-corrected chi connectivity index (χ2v) is 7.01. The molecule has 0 unspecified atom stereocenters. The smallest absolute Gasteiger partial charge is 0.408 e. The number of aromatic nitrogens is 1. The summed E-state index contributed by atoms with van der Waals surface area (Å²) in [6, 6.07) is 17.4. The molecule has 1 fully saturated rings. The second kappa shape index (κ2) is 7.28.